The fourth-order valence-electron chi connectivity index (χ4n) is 1.55. The van der Waals surface area contributed by atoms with Gasteiger partial charge in [-0.2, -0.15) is 5.10 Å². The first-order valence-electron chi connectivity index (χ1n) is 6.25. The Hall–Kier alpha value is -1.65. The molecule has 1 heterocycles. The van der Waals surface area contributed by atoms with E-state index in [0.29, 0.717) is 5.82 Å². The van der Waals surface area contributed by atoms with E-state index in [-0.39, 0.29) is 11.4 Å². The molecule has 0 fully saturated rings. The molecule has 5 nitrogen and oxygen atoms in total. The standard InChI is InChI=1S/C13H22N4O/c1-6-13(3,7-2)10-8-9-11(16-15-10)14-12(18)17(4)5/h8-9H,6-7H2,1-5H3,(H,14,16,18). The van der Waals surface area contributed by atoms with Crippen LogP contribution in [-0.2, 0) is 5.41 Å². The Morgan fingerprint density at radius 1 is 1.28 bits per heavy atom. The van der Waals surface area contributed by atoms with Crippen LogP contribution in [0.3, 0.4) is 0 Å². The van der Waals surface area contributed by atoms with Crippen LogP contribution >= 0.6 is 0 Å². The van der Waals surface area contributed by atoms with Crippen LogP contribution in [0.1, 0.15) is 39.3 Å². The first-order valence-corrected chi connectivity index (χ1v) is 6.25. The van der Waals surface area contributed by atoms with E-state index in [1.54, 1.807) is 20.2 Å². The number of carbonyl (C=O) groups excluding carboxylic acids is 1. The smallest absolute Gasteiger partial charge is 0.322 e. The molecule has 0 aliphatic carbocycles. The second-order valence-electron chi connectivity index (χ2n) is 4.90. The van der Waals surface area contributed by atoms with Gasteiger partial charge in [0.05, 0.1) is 5.69 Å². The number of nitrogens with one attached hydrogen (secondary N) is 1. The third-order valence-corrected chi connectivity index (χ3v) is 3.48. The zero-order valence-electron chi connectivity index (χ0n) is 11.8. The Kier molecular flexibility index (Phi) is 4.64. The van der Waals surface area contributed by atoms with Crippen molar-refractivity contribution in [2.24, 2.45) is 0 Å². The van der Waals surface area contributed by atoms with Gasteiger partial charge in [-0.15, -0.1) is 5.10 Å². The molecule has 2 amide bonds. The van der Waals surface area contributed by atoms with Crippen molar-refractivity contribution in [1.29, 1.82) is 0 Å². The molecule has 100 valence electrons. The van der Waals surface area contributed by atoms with Crippen molar-refractivity contribution in [1.82, 2.24) is 15.1 Å². The molecule has 18 heavy (non-hydrogen) atoms. The van der Waals surface area contributed by atoms with Gasteiger partial charge in [0, 0.05) is 19.5 Å². The van der Waals surface area contributed by atoms with Crippen molar-refractivity contribution >= 4 is 11.8 Å². The molecule has 1 rings (SSSR count). The van der Waals surface area contributed by atoms with Crippen LogP contribution in [0.5, 0.6) is 0 Å². The van der Waals surface area contributed by atoms with Gasteiger partial charge in [0.2, 0.25) is 0 Å². The molecule has 5 heteroatoms. The number of carbonyl (C=O) groups is 1. The third kappa shape index (κ3) is 3.18. The maximum absolute atomic E-state index is 11.5. The summed E-state index contributed by atoms with van der Waals surface area (Å²) < 4.78 is 0. The lowest BCUT2D eigenvalue weighted by atomic mass is 9.81. The van der Waals surface area contributed by atoms with Crippen molar-refractivity contribution < 1.29 is 4.79 Å². The molecular weight excluding hydrogens is 228 g/mol. The summed E-state index contributed by atoms with van der Waals surface area (Å²) in [5.74, 6) is 0.479. The van der Waals surface area contributed by atoms with Gasteiger partial charge in [-0.25, -0.2) is 4.79 Å². The molecule has 0 saturated carbocycles. The molecule has 0 aromatic carbocycles. The first-order chi connectivity index (χ1) is 8.42. The highest BCUT2D eigenvalue weighted by molar-refractivity contribution is 5.87. The summed E-state index contributed by atoms with van der Waals surface area (Å²) in [7, 11) is 3.37. The van der Waals surface area contributed by atoms with Crippen molar-refractivity contribution in [3.05, 3.63) is 17.8 Å². The molecule has 0 unspecified atom stereocenters. The molecule has 0 saturated heterocycles. The van der Waals surface area contributed by atoms with Crippen LogP contribution in [0.2, 0.25) is 0 Å². The summed E-state index contributed by atoms with van der Waals surface area (Å²) in [6.07, 6.45) is 2.03. The number of urea groups is 1. The second kappa shape index (κ2) is 5.80. The Morgan fingerprint density at radius 2 is 1.89 bits per heavy atom. The number of aromatic nitrogens is 2. The molecule has 1 aromatic rings. The van der Waals surface area contributed by atoms with E-state index >= 15 is 0 Å². The zero-order valence-corrected chi connectivity index (χ0v) is 11.8. The average Bonchev–Trinajstić information content (AvgIpc) is 2.38. The maximum atomic E-state index is 11.5. The van der Waals surface area contributed by atoms with Gasteiger partial charge in [0.1, 0.15) is 0 Å². The van der Waals surface area contributed by atoms with Gasteiger partial charge in [-0.3, -0.25) is 5.32 Å². The quantitative estimate of drug-likeness (QED) is 0.893. The number of rotatable bonds is 4. The van der Waals surface area contributed by atoms with Crippen LogP contribution in [0.15, 0.2) is 12.1 Å². The number of hydrogen-bond donors (Lipinski definition) is 1. The van der Waals surface area contributed by atoms with Crippen LogP contribution in [-0.4, -0.2) is 35.2 Å². The minimum absolute atomic E-state index is 0.0527. The number of nitrogens with zero attached hydrogens (tertiary/aromatic N) is 3. The molecule has 1 aromatic heterocycles. The summed E-state index contributed by atoms with van der Waals surface area (Å²) in [4.78, 5) is 12.9. The van der Waals surface area contributed by atoms with Gasteiger partial charge >= 0.3 is 6.03 Å². The highest BCUT2D eigenvalue weighted by atomic mass is 16.2. The summed E-state index contributed by atoms with van der Waals surface area (Å²) in [5, 5.41) is 10.9. The number of anilines is 1. The summed E-state index contributed by atoms with van der Waals surface area (Å²) in [5.41, 5.74) is 1.02. The average molecular weight is 250 g/mol. The topological polar surface area (TPSA) is 58.1 Å². The highest BCUT2D eigenvalue weighted by Gasteiger charge is 2.24. The molecule has 0 aliphatic rings. The van der Waals surface area contributed by atoms with Crippen molar-refractivity contribution in [3.63, 3.8) is 0 Å². The minimum atomic E-state index is -0.203. The van der Waals surface area contributed by atoms with Gasteiger partial charge in [-0.05, 0) is 25.0 Å². The third-order valence-electron chi connectivity index (χ3n) is 3.48. The van der Waals surface area contributed by atoms with E-state index in [2.05, 4.69) is 36.3 Å². The molecular formula is C13H22N4O. The second-order valence-corrected chi connectivity index (χ2v) is 4.90. The SMILES string of the molecule is CCC(C)(CC)c1ccc(NC(=O)N(C)C)nn1. The summed E-state index contributed by atoms with van der Waals surface area (Å²) in [6, 6.07) is 3.53. The van der Waals surface area contributed by atoms with Crippen LogP contribution in [0.4, 0.5) is 10.6 Å². The highest BCUT2D eigenvalue weighted by Crippen LogP contribution is 2.29. The molecule has 0 aliphatic heterocycles. The van der Waals surface area contributed by atoms with E-state index in [1.807, 2.05) is 6.07 Å². The Labute approximate surface area is 109 Å². The van der Waals surface area contributed by atoms with Gasteiger partial charge < -0.3 is 4.90 Å². The number of hydrogen-bond acceptors (Lipinski definition) is 3. The lowest BCUT2D eigenvalue weighted by molar-refractivity contribution is 0.230. The van der Waals surface area contributed by atoms with Crippen LogP contribution < -0.4 is 5.32 Å². The van der Waals surface area contributed by atoms with Crippen molar-refractivity contribution in [2.75, 3.05) is 19.4 Å². The molecule has 1 N–H and O–H groups in total. The predicted octanol–water partition coefficient (Wildman–Crippen LogP) is 2.65. The van der Waals surface area contributed by atoms with E-state index < -0.39 is 0 Å². The Morgan fingerprint density at radius 3 is 2.28 bits per heavy atom. The molecule has 0 spiro atoms. The predicted molar refractivity (Wildman–Crippen MR) is 72.7 cm³/mol. The Bertz CT molecular complexity index is 396. The van der Waals surface area contributed by atoms with E-state index in [9.17, 15) is 4.79 Å². The minimum Gasteiger partial charge on any atom is -0.331 e. The molecule has 0 radical (unpaired) electrons. The molecule has 0 bridgehead atoms. The normalized spacial score (nSPS) is 11.2. The van der Waals surface area contributed by atoms with E-state index in [4.69, 9.17) is 0 Å². The van der Waals surface area contributed by atoms with Crippen molar-refractivity contribution in [2.45, 2.75) is 39.0 Å². The monoisotopic (exact) mass is 250 g/mol. The number of amides is 2. The lowest BCUT2D eigenvalue weighted by Gasteiger charge is -2.25. The zero-order chi connectivity index (χ0) is 13.8. The fourth-order valence-corrected chi connectivity index (χ4v) is 1.55. The summed E-state index contributed by atoms with van der Waals surface area (Å²) >= 11 is 0. The van der Waals surface area contributed by atoms with Crippen LogP contribution in [0.25, 0.3) is 0 Å². The lowest BCUT2D eigenvalue weighted by Crippen LogP contribution is -2.28. The van der Waals surface area contributed by atoms with Gasteiger partial charge in [0.25, 0.3) is 0 Å². The van der Waals surface area contributed by atoms with Gasteiger partial charge in [0.15, 0.2) is 5.82 Å². The summed E-state index contributed by atoms with van der Waals surface area (Å²) in [6.45, 7) is 6.47. The van der Waals surface area contributed by atoms with E-state index in [0.717, 1.165) is 18.5 Å². The Balaban J connectivity index is 2.83. The van der Waals surface area contributed by atoms with E-state index in [1.165, 1.54) is 4.90 Å². The van der Waals surface area contributed by atoms with Crippen LogP contribution in [0, 0.1) is 0 Å². The fraction of sp³-hybridized carbons (Fsp3) is 0.615. The molecule has 0 atom stereocenters. The van der Waals surface area contributed by atoms with Gasteiger partial charge in [-0.1, -0.05) is 20.8 Å². The van der Waals surface area contributed by atoms with Crippen molar-refractivity contribution in [3.8, 4) is 0 Å². The maximum Gasteiger partial charge on any atom is 0.322 e. The largest absolute Gasteiger partial charge is 0.331 e. The first kappa shape index (κ1) is 14.4.